The Kier molecular flexibility index (Phi) is 5.43. The van der Waals surface area contributed by atoms with Crippen LogP contribution in [0.3, 0.4) is 0 Å². The maximum atomic E-state index is 6.09. The minimum atomic E-state index is -0.530. The van der Waals surface area contributed by atoms with Crippen LogP contribution in [0.2, 0.25) is 0 Å². The van der Waals surface area contributed by atoms with Crippen molar-refractivity contribution >= 4 is 15.9 Å². The van der Waals surface area contributed by atoms with Gasteiger partial charge in [0, 0.05) is 17.3 Å². The van der Waals surface area contributed by atoms with Gasteiger partial charge in [0.1, 0.15) is 0 Å². The summed E-state index contributed by atoms with van der Waals surface area (Å²) >= 11 is 3.49. The third kappa shape index (κ3) is 3.59. The van der Waals surface area contributed by atoms with E-state index in [0.29, 0.717) is 6.61 Å². The number of halogens is 1. The third-order valence-corrected chi connectivity index (χ3v) is 4.08. The lowest BCUT2D eigenvalue weighted by atomic mass is 9.98. The molecule has 19 heavy (non-hydrogen) atoms. The van der Waals surface area contributed by atoms with E-state index in [0.717, 1.165) is 30.2 Å². The van der Waals surface area contributed by atoms with Crippen LogP contribution >= 0.6 is 15.9 Å². The molecular formula is C16H23BrO2. The molecule has 1 aliphatic rings. The molecule has 1 fully saturated rings. The maximum absolute atomic E-state index is 6.09. The van der Waals surface area contributed by atoms with Crippen molar-refractivity contribution in [2.45, 2.75) is 51.4 Å². The van der Waals surface area contributed by atoms with Crippen LogP contribution < -0.4 is 0 Å². The van der Waals surface area contributed by atoms with Gasteiger partial charge in [-0.3, -0.25) is 0 Å². The van der Waals surface area contributed by atoms with E-state index in [2.05, 4.69) is 54.0 Å². The van der Waals surface area contributed by atoms with Crippen LogP contribution in [0.25, 0.3) is 0 Å². The van der Waals surface area contributed by atoms with Crippen molar-refractivity contribution in [2.75, 3.05) is 11.9 Å². The fourth-order valence-electron chi connectivity index (χ4n) is 2.59. The van der Waals surface area contributed by atoms with Gasteiger partial charge in [0.15, 0.2) is 5.79 Å². The van der Waals surface area contributed by atoms with Crippen LogP contribution in [0.4, 0.5) is 0 Å². The highest BCUT2D eigenvalue weighted by atomic mass is 79.9. The molecule has 1 heterocycles. The smallest absolute Gasteiger partial charge is 0.195 e. The van der Waals surface area contributed by atoms with Crippen molar-refractivity contribution in [1.29, 1.82) is 0 Å². The van der Waals surface area contributed by atoms with E-state index in [-0.39, 0.29) is 6.10 Å². The first-order chi connectivity index (χ1) is 9.20. The minimum Gasteiger partial charge on any atom is -0.343 e. The van der Waals surface area contributed by atoms with Crippen molar-refractivity contribution in [1.82, 2.24) is 0 Å². The lowest BCUT2D eigenvalue weighted by molar-refractivity contribution is -0.180. The zero-order valence-corrected chi connectivity index (χ0v) is 13.4. The van der Waals surface area contributed by atoms with Crippen LogP contribution in [0, 0.1) is 0 Å². The molecule has 3 heteroatoms. The van der Waals surface area contributed by atoms with Crippen LogP contribution in [-0.4, -0.2) is 18.0 Å². The largest absolute Gasteiger partial charge is 0.343 e. The Labute approximate surface area is 124 Å². The number of hydrogen-bond donors (Lipinski definition) is 0. The second-order valence-corrected chi connectivity index (χ2v) is 6.02. The highest BCUT2D eigenvalue weighted by Crippen LogP contribution is 2.38. The van der Waals surface area contributed by atoms with E-state index in [4.69, 9.17) is 9.47 Å². The molecule has 1 aliphatic heterocycles. The minimum absolute atomic E-state index is 0.172. The molecule has 2 atom stereocenters. The molecular weight excluding hydrogens is 304 g/mol. The lowest BCUT2D eigenvalue weighted by Gasteiger charge is -2.28. The second kappa shape index (κ2) is 6.87. The first-order valence-electron chi connectivity index (χ1n) is 7.17. The van der Waals surface area contributed by atoms with Gasteiger partial charge < -0.3 is 9.47 Å². The van der Waals surface area contributed by atoms with Crippen molar-refractivity contribution in [3.05, 3.63) is 35.4 Å². The van der Waals surface area contributed by atoms with Crippen molar-refractivity contribution in [3.63, 3.8) is 0 Å². The molecule has 0 spiro atoms. The van der Waals surface area contributed by atoms with Crippen molar-refractivity contribution in [2.24, 2.45) is 0 Å². The number of benzene rings is 1. The quantitative estimate of drug-likeness (QED) is 0.721. The first kappa shape index (κ1) is 15.0. The Morgan fingerprint density at radius 1 is 1.32 bits per heavy atom. The molecule has 0 radical (unpaired) electrons. The molecule has 1 aromatic carbocycles. The normalized spacial score (nSPS) is 26.8. The zero-order chi connectivity index (χ0) is 13.7. The Morgan fingerprint density at radius 3 is 2.58 bits per heavy atom. The third-order valence-electron chi connectivity index (χ3n) is 3.51. The van der Waals surface area contributed by atoms with Gasteiger partial charge in [-0.1, -0.05) is 53.5 Å². The standard InChI is InChI=1S/C16H23BrO2/c1-3-5-14-6-8-15(9-7-14)16(10-4-11-17)18-12-13(2)19-16/h6-9,13H,3-5,10-12H2,1-2H3. The number of aryl methyl sites for hydroxylation is 1. The van der Waals surface area contributed by atoms with Gasteiger partial charge >= 0.3 is 0 Å². The molecule has 2 unspecified atom stereocenters. The van der Waals surface area contributed by atoms with Crippen molar-refractivity contribution in [3.8, 4) is 0 Å². The van der Waals surface area contributed by atoms with Crippen LogP contribution in [0.5, 0.6) is 0 Å². The van der Waals surface area contributed by atoms with E-state index in [1.165, 1.54) is 12.0 Å². The van der Waals surface area contributed by atoms with Gasteiger partial charge in [-0.2, -0.15) is 0 Å². The van der Waals surface area contributed by atoms with Gasteiger partial charge in [-0.05, 0) is 25.3 Å². The Balaban J connectivity index is 2.18. The summed E-state index contributed by atoms with van der Waals surface area (Å²) in [4.78, 5) is 0. The predicted octanol–water partition coefficient (Wildman–Crippen LogP) is 4.40. The molecule has 1 saturated heterocycles. The SMILES string of the molecule is CCCc1ccc(C2(CCCBr)OCC(C)O2)cc1. The van der Waals surface area contributed by atoms with Crippen LogP contribution in [-0.2, 0) is 21.7 Å². The Bertz CT molecular complexity index is 390. The second-order valence-electron chi connectivity index (χ2n) is 5.23. The molecule has 0 bridgehead atoms. The first-order valence-corrected chi connectivity index (χ1v) is 8.29. The van der Waals surface area contributed by atoms with E-state index in [9.17, 15) is 0 Å². The Hall–Kier alpha value is -0.380. The molecule has 0 aromatic heterocycles. The summed E-state index contributed by atoms with van der Waals surface area (Å²) in [5.41, 5.74) is 2.53. The van der Waals surface area contributed by atoms with Crippen molar-refractivity contribution < 1.29 is 9.47 Å². The Morgan fingerprint density at radius 2 is 2.05 bits per heavy atom. The highest BCUT2D eigenvalue weighted by Gasteiger charge is 2.40. The molecule has 0 saturated carbocycles. The molecule has 0 amide bonds. The van der Waals surface area contributed by atoms with Gasteiger partial charge in [0.05, 0.1) is 12.7 Å². The van der Waals surface area contributed by atoms with Gasteiger partial charge in [-0.25, -0.2) is 0 Å². The monoisotopic (exact) mass is 326 g/mol. The zero-order valence-electron chi connectivity index (χ0n) is 11.8. The molecule has 0 aliphatic carbocycles. The number of ether oxygens (including phenoxy) is 2. The average Bonchev–Trinajstić information content (AvgIpc) is 2.80. The fraction of sp³-hybridized carbons (Fsp3) is 0.625. The van der Waals surface area contributed by atoms with Gasteiger partial charge in [0.2, 0.25) is 0 Å². The number of rotatable bonds is 6. The van der Waals surface area contributed by atoms with Crippen LogP contribution in [0.1, 0.15) is 44.2 Å². The molecule has 0 N–H and O–H groups in total. The fourth-order valence-corrected chi connectivity index (χ4v) is 2.87. The van der Waals surface area contributed by atoms with E-state index < -0.39 is 5.79 Å². The van der Waals surface area contributed by atoms with E-state index >= 15 is 0 Å². The molecule has 1 aromatic rings. The summed E-state index contributed by atoms with van der Waals surface area (Å²) in [7, 11) is 0. The summed E-state index contributed by atoms with van der Waals surface area (Å²) in [6, 6.07) is 8.73. The van der Waals surface area contributed by atoms with Gasteiger partial charge in [0.25, 0.3) is 0 Å². The molecule has 2 rings (SSSR count). The number of alkyl halides is 1. The van der Waals surface area contributed by atoms with Crippen LogP contribution in [0.15, 0.2) is 24.3 Å². The summed E-state index contributed by atoms with van der Waals surface area (Å²) in [6.07, 6.45) is 4.43. The van der Waals surface area contributed by atoms with Gasteiger partial charge in [-0.15, -0.1) is 0 Å². The summed E-state index contributed by atoms with van der Waals surface area (Å²) in [5.74, 6) is -0.530. The molecule has 2 nitrogen and oxygen atoms in total. The summed E-state index contributed by atoms with van der Waals surface area (Å²) < 4.78 is 12.1. The van der Waals surface area contributed by atoms with E-state index in [1.807, 2.05) is 0 Å². The average molecular weight is 327 g/mol. The number of hydrogen-bond acceptors (Lipinski definition) is 2. The summed E-state index contributed by atoms with van der Waals surface area (Å²) in [6.45, 7) is 4.95. The van der Waals surface area contributed by atoms with E-state index in [1.54, 1.807) is 0 Å². The summed E-state index contributed by atoms with van der Waals surface area (Å²) in [5, 5.41) is 0.976. The topological polar surface area (TPSA) is 18.5 Å². The highest BCUT2D eigenvalue weighted by molar-refractivity contribution is 9.09. The molecule has 106 valence electrons. The predicted molar refractivity (Wildman–Crippen MR) is 81.6 cm³/mol. The lowest BCUT2D eigenvalue weighted by Crippen LogP contribution is -2.28. The maximum Gasteiger partial charge on any atom is 0.195 e.